The number of aromatic amines is 1. The number of benzene rings is 1. The van der Waals surface area contributed by atoms with Crippen molar-refractivity contribution in [2.75, 3.05) is 6.61 Å². The Bertz CT molecular complexity index is 670. The molecule has 1 aromatic heterocycles. The van der Waals surface area contributed by atoms with Crippen molar-refractivity contribution in [2.24, 2.45) is 0 Å². The number of ether oxygens (including phenoxy) is 1. The number of halogens is 1. The largest absolute Gasteiger partial charge is 0.368 e. The SMILES string of the molecule is CCOC(C)(CC)c1nc(-c2ccccc2)c(I)c(=O)[nH]1. The Morgan fingerprint density at radius 3 is 2.52 bits per heavy atom. The van der Waals surface area contributed by atoms with Crippen molar-refractivity contribution in [1.82, 2.24) is 9.97 Å². The van der Waals surface area contributed by atoms with E-state index >= 15 is 0 Å². The molecule has 0 radical (unpaired) electrons. The summed E-state index contributed by atoms with van der Waals surface area (Å²) in [5.41, 5.74) is 0.930. The lowest BCUT2D eigenvalue weighted by Crippen LogP contribution is -2.31. The normalized spacial score (nSPS) is 13.9. The highest BCUT2D eigenvalue weighted by molar-refractivity contribution is 14.1. The molecule has 5 heteroatoms. The Kier molecular flexibility index (Phi) is 5.16. The summed E-state index contributed by atoms with van der Waals surface area (Å²) in [4.78, 5) is 19.8. The highest BCUT2D eigenvalue weighted by Crippen LogP contribution is 2.28. The van der Waals surface area contributed by atoms with Crippen molar-refractivity contribution < 1.29 is 4.74 Å². The molecule has 21 heavy (non-hydrogen) atoms. The van der Waals surface area contributed by atoms with Crippen molar-refractivity contribution in [3.63, 3.8) is 0 Å². The van der Waals surface area contributed by atoms with E-state index in [1.807, 2.05) is 73.7 Å². The second-order valence-electron chi connectivity index (χ2n) is 4.96. The smallest absolute Gasteiger partial charge is 0.265 e. The predicted octanol–water partition coefficient (Wildman–Crippen LogP) is 3.70. The van der Waals surface area contributed by atoms with E-state index in [9.17, 15) is 4.79 Å². The van der Waals surface area contributed by atoms with E-state index in [4.69, 9.17) is 4.74 Å². The third kappa shape index (κ3) is 3.35. The van der Waals surface area contributed by atoms with Crippen molar-refractivity contribution in [3.05, 3.63) is 50.1 Å². The fraction of sp³-hybridized carbons (Fsp3) is 0.375. The third-order valence-electron chi connectivity index (χ3n) is 3.55. The average molecular weight is 398 g/mol. The number of nitrogens with zero attached hydrogens (tertiary/aromatic N) is 1. The highest BCUT2D eigenvalue weighted by atomic mass is 127. The summed E-state index contributed by atoms with van der Waals surface area (Å²) in [6.45, 7) is 6.49. The van der Waals surface area contributed by atoms with Gasteiger partial charge >= 0.3 is 0 Å². The topological polar surface area (TPSA) is 55.0 Å². The zero-order chi connectivity index (χ0) is 15.5. The van der Waals surface area contributed by atoms with Crippen molar-refractivity contribution in [3.8, 4) is 11.3 Å². The van der Waals surface area contributed by atoms with E-state index in [1.54, 1.807) is 0 Å². The maximum absolute atomic E-state index is 12.2. The van der Waals surface area contributed by atoms with E-state index in [-0.39, 0.29) is 5.56 Å². The van der Waals surface area contributed by atoms with Gasteiger partial charge in [0.25, 0.3) is 5.56 Å². The molecule has 1 N–H and O–H groups in total. The first-order valence-electron chi connectivity index (χ1n) is 7.01. The predicted molar refractivity (Wildman–Crippen MR) is 92.3 cm³/mol. The molecular formula is C16H19IN2O2. The zero-order valence-corrected chi connectivity index (χ0v) is 14.6. The second kappa shape index (κ2) is 6.70. The van der Waals surface area contributed by atoms with Gasteiger partial charge in [-0.1, -0.05) is 37.3 Å². The van der Waals surface area contributed by atoms with Crippen LogP contribution in [0.2, 0.25) is 0 Å². The molecule has 1 heterocycles. The molecule has 0 amide bonds. The van der Waals surface area contributed by atoms with E-state index in [0.29, 0.717) is 21.7 Å². The first-order chi connectivity index (χ1) is 10.0. The van der Waals surface area contributed by atoms with Crippen LogP contribution in [0, 0.1) is 3.57 Å². The Morgan fingerprint density at radius 1 is 1.29 bits per heavy atom. The lowest BCUT2D eigenvalue weighted by Gasteiger charge is -2.27. The fourth-order valence-corrected chi connectivity index (χ4v) is 2.72. The van der Waals surface area contributed by atoms with Crippen molar-refractivity contribution in [2.45, 2.75) is 32.8 Å². The molecule has 0 aliphatic heterocycles. The molecule has 4 nitrogen and oxygen atoms in total. The van der Waals surface area contributed by atoms with Gasteiger partial charge < -0.3 is 9.72 Å². The van der Waals surface area contributed by atoms with Crippen LogP contribution >= 0.6 is 22.6 Å². The first kappa shape index (κ1) is 16.2. The van der Waals surface area contributed by atoms with Crippen LogP contribution in [0.3, 0.4) is 0 Å². The zero-order valence-electron chi connectivity index (χ0n) is 12.4. The Labute approximate surface area is 138 Å². The summed E-state index contributed by atoms with van der Waals surface area (Å²) in [6, 6.07) is 9.74. The average Bonchev–Trinajstić information content (AvgIpc) is 2.50. The lowest BCUT2D eigenvalue weighted by atomic mass is 10.0. The van der Waals surface area contributed by atoms with Gasteiger partial charge in [-0.15, -0.1) is 0 Å². The molecule has 0 aliphatic carbocycles. The van der Waals surface area contributed by atoms with Crippen LogP contribution in [-0.2, 0) is 10.3 Å². The summed E-state index contributed by atoms with van der Waals surface area (Å²) < 4.78 is 6.41. The molecule has 2 aromatic rings. The lowest BCUT2D eigenvalue weighted by molar-refractivity contribution is -0.0391. The third-order valence-corrected chi connectivity index (χ3v) is 4.55. The molecule has 1 atom stereocenters. The molecule has 112 valence electrons. The molecule has 1 unspecified atom stereocenters. The van der Waals surface area contributed by atoms with Crippen LogP contribution in [0.5, 0.6) is 0 Å². The summed E-state index contributed by atoms with van der Waals surface area (Å²) in [7, 11) is 0. The number of rotatable bonds is 5. The van der Waals surface area contributed by atoms with Crippen LogP contribution in [0.4, 0.5) is 0 Å². The van der Waals surface area contributed by atoms with E-state index < -0.39 is 5.60 Å². The minimum atomic E-state index is -0.582. The number of H-pyrrole nitrogens is 1. The minimum absolute atomic E-state index is 0.126. The Morgan fingerprint density at radius 2 is 1.95 bits per heavy atom. The Hall–Kier alpha value is -1.21. The fourth-order valence-electron chi connectivity index (χ4n) is 2.15. The molecule has 0 spiro atoms. The van der Waals surface area contributed by atoms with Gasteiger partial charge in [0.2, 0.25) is 0 Å². The van der Waals surface area contributed by atoms with Gasteiger partial charge in [0.15, 0.2) is 0 Å². The highest BCUT2D eigenvalue weighted by Gasteiger charge is 2.29. The summed E-state index contributed by atoms with van der Waals surface area (Å²) in [5, 5.41) is 0. The van der Waals surface area contributed by atoms with Crippen LogP contribution in [0.1, 0.15) is 33.0 Å². The summed E-state index contributed by atoms with van der Waals surface area (Å²) >= 11 is 2.04. The monoisotopic (exact) mass is 398 g/mol. The quantitative estimate of drug-likeness (QED) is 0.782. The molecule has 0 saturated heterocycles. The molecule has 2 rings (SSSR count). The number of hydrogen-bond acceptors (Lipinski definition) is 3. The van der Waals surface area contributed by atoms with Gasteiger partial charge in [-0.2, -0.15) is 0 Å². The van der Waals surface area contributed by atoms with Crippen molar-refractivity contribution in [1.29, 1.82) is 0 Å². The van der Waals surface area contributed by atoms with Gasteiger partial charge in [-0.25, -0.2) is 4.98 Å². The molecule has 0 fully saturated rings. The second-order valence-corrected chi connectivity index (χ2v) is 6.04. The minimum Gasteiger partial charge on any atom is -0.368 e. The number of hydrogen-bond donors (Lipinski definition) is 1. The van der Waals surface area contributed by atoms with E-state index in [0.717, 1.165) is 12.0 Å². The summed E-state index contributed by atoms with van der Waals surface area (Å²) in [6.07, 6.45) is 0.735. The van der Waals surface area contributed by atoms with Crippen molar-refractivity contribution >= 4 is 22.6 Å². The van der Waals surface area contributed by atoms with Gasteiger partial charge in [0, 0.05) is 12.2 Å². The summed E-state index contributed by atoms with van der Waals surface area (Å²) in [5.74, 6) is 0.580. The standard InChI is InChI=1S/C16H19IN2O2/c1-4-16(3,21-5-2)15-18-13(12(17)14(20)19-15)11-9-7-6-8-10-11/h6-10H,4-5H2,1-3H3,(H,18,19,20). The molecular weight excluding hydrogens is 379 g/mol. The number of aromatic nitrogens is 2. The molecule has 0 aliphatic rings. The van der Waals surface area contributed by atoms with Crippen LogP contribution in [0.15, 0.2) is 35.1 Å². The molecule has 1 aromatic carbocycles. The van der Waals surface area contributed by atoms with E-state index in [1.165, 1.54) is 0 Å². The van der Waals surface area contributed by atoms with E-state index in [2.05, 4.69) is 9.97 Å². The first-order valence-corrected chi connectivity index (χ1v) is 8.09. The molecule has 0 saturated carbocycles. The van der Waals surface area contributed by atoms with Crippen LogP contribution in [-0.4, -0.2) is 16.6 Å². The van der Waals surface area contributed by atoms with Crippen LogP contribution in [0.25, 0.3) is 11.3 Å². The Balaban J connectivity index is 2.61. The van der Waals surface area contributed by atoms with Gasteiger partial charge in [0.05, 0.1) is 5.69 Å². The van der Waals surface area contributed by atoms with Gasteiger partial charge in [-0.05, 0) is 42.9 Å². The number of nitrogens with one attached hydrogen (secondary N) is 1. The maximum Gasteiger partial charge on any atom is 0.265 e. The van der Waals surface area contributed by atoms with Gasteiger partial charge in [-0.3, -0.25) is 4.79 Å². The van der Waals surface area contributed by atoms with Crippen LogP contribution < -0.4 is 5.56 Å². The molecule has 0 bridgehead atoms. The maximum atomic E-state index is 12.2. The van der Waals surface area contributed by atoms with Gasteiger partial charge in [0.1, 0.15) is 15.0 Å².